The van der Waals surface area contributed by atoms with Gasteiger partial charge in [-0.2, -0.15) is 5.26 Å². The minimum absolute atomic E-state index is 0.107. The summed E-state index contributed by atoms with van der Waals surface area (Å²) < 4.78 is 0. The number of hydrogen-bond acceptors (Lipinski definition) is 3. The minimum atomic E-state index is 0.107. The lowest BCUT2D eigenvalue weighted by atomic mass is 10.0. The Morgan fingerprint density at radius 2 is 2.08 bits per heavy atom. The summed E-state index contributed by atoms with van der Waals surface area (Å²) in [6.07, 6.45) is 3.94. The highest BCUT2D eigenvalue weighted by Crippen LogP contribution is 2.14. The summed E-state index contributed by atoms with van der Waals surface area (Å²) in [6.45, 7) is 3.13. The van der Waals surface area contributed by atoms with Gasteiger partial charge in [0.25, 0.3) is 0 Å². The second kappa shape index (κ2) is 4.13. The molecule has 0 radical (unpaired) electrons. The van der Waals surface area contributed by atoms with Crippen molar-refractivity contribution in [1.29, 1.82) is 5.26 Å². The third-order valence-corrected chi connectivity index (χ3v) is 2.65. The molecule has 4 nitrogen and oxygen atoms in total. The molecule has 0 spiro atoms. The number of amides is 1. The van der Waals surface area contributed by atoms with Crippen molar-refractivity contribution in [1.82, 2.24) is 9.80 Å². The fourth-order valence-corrected chi connectivity index (χ4v) is 1.61. The highest BCUT2D eigenvalue weighted by Gasteiger charge is 2.22. The Labute approximate surface area is 78.7 Å². The van der Waals surface area contributed by atoms with E-state index >= 15 is 0 Å². The molecule has 1 aliphatic heterocycles. The van der Waals surface area contributed by atoms with Crippen molar-refractivity contribution in [2.24, 2.45) is 0 Å². The Kier molecular flexibility index (Phi) is 3.13. The molecule has 1 saturated heterocycles. The van der Waals surface area contributed by atoms with Crippen LogP contribution < -0.4 is 0 Å². The SMILES string of the molecule is CC(=O)N(C)C1CCN(C#N)CC1. The summed E-state index contributed by atoms with van der Waals surface area (Å²) in [7, 11) is 1.83. The number of piperidine rings is 1. The highest BCUT2D eigenvalue weighted by molar-refractivity contribution is 5.73. The fraction of sp³-hybridized carbons (Fsp3) is 0.778. The van der Waals surface area contributed by atoms with Gasteiger partial charge < -0.3 is 9.80 Å². The van der Waals surface area contributed by atoms with E-state index in [0.717, 1.165) is 25.9 Å². The van der Waals surface area contributed by atoms with Crippen LogP contribution >= 0.6 is 0 Å². The number of nitrogens with zero attached hydrogens (tertiary/aromatic N) is 3. The molecule has 0 aromatic rings. The molecule has 0 aliphatic carbocycles. The summed E-state index contributed by atoms with van der Waals surface area (Å²) in [5.41, 5.74) is 0. The van der Waals surface area contributed by atoms with Crippen molar-refractivity contribution in [2.45, 2.75) is 25.8 Å². The average Bonchev–Trinajstić information content (AvgIpc) is 2.17. The second-order valence-electron chi connectivity index (χ2n) is 3.45. The molecule has 0 aromatic heterocycles. The van der Waals surface area contributed by atoms with Crippen LogP contribution in [0.15, 0.2) is 0 Å². The van der Waals surface area contributed by atoms with E-state index in [1.807, 2.05) is 7.05 Å². The zero-order valence-electron chi connectivity index (χ0n) is 8.16. The van der Waals surface area contributed by atoms with Crippen molar-refractivity contribution < 1.29 is 4.79 Å². The Hall–Kier alpha value is -1.24. The van der Waals surface area contributed by atoms with Gasteiger partial charge in [0, 0.05) is 33.1 Å². The van der Waals surface area contributed by atoms with Gasteiger partial charge >= 0.3 is 0 Å². The summed E-state index contributed by atoms with van der Waals surface area (Å²) in [4.78, 5) is 14.6. The van der Waals surface area contributed by atoms with Crippen LogP contribution in [-0.2, 0) is 4.79 Å². The minimum Gasteiger partial charge on any atom is -0.343 e. The zero-order valence-corrected chi connectivity index (χ0v) is 8.16. The number of likely N-dealkylation sites (tertiary alicyclic amines) is 1. The Morgan fingerprint density at radius 1 is 1.54 bits per heavy atom. The fourth-order valence-electron chi connectivity index (χ4n) is 1.61. The van der Waals surface area contributed by atoms with Crippen molar-refractivity contribution in [3.63, 3.8) is 0 Å². The van der Waals surface area contributed by atoms with E-state index in [9.17, 15) is 4.79 Å². The van der Waals surface area contributed by atoms with Crippen LogP contribution in [-0.4, -0.2) is 41.9 Å². The van der Waals surface area contributed by atoms with Gasteiger partial charge in [0.05, 0.1) is 0 Å². The molecule has 1 aliphatic rings. The van der Waals surface area contributed by atoms with Gasteiger partial charge in [-0.25, -0.2) is 0 Å². The molecule has 0 unspecified atom stereocenters. The smallest absolute Gasteiger partial charge is 0.219 e. The van der Waals surface area contributed by atoms with Gasteiger partial charge in [-0.3, -0.25) is 4.79 Å². The average molecular weight is 181 g/mol. The molecule has 0 bridgehead atoms. The van der Waals surface area contributed by atoms with Crippen LogP contribution in [0.2, 0.25) is 0 Å². The van der Waals surface area contributed by atoms with Crippen LogP contribution in [0.3, 0.4) is 0 Å². The molecule has 1 rings (SSSR count). The molecule has 1 heterocycles. The lowest BCUT2D eigenvalue weighted by Gasteiger charge is -2.33. The Morgan fingerprint density at radius 3 is 2.46 bits per heavy atom. The maximum absolute atomic E-state index is 11.0. The van der Waals surface area contributed by atoms with E-state index in [1.165, 1.54) is 0 Å². The molecule has 1 amide bonds. The quantitative estimate of drug-likeness (QED) is 0.550. The maximum atomic E-state index is 11.0. The molecule has 0 saturated carbocycles. The van der Waals surface area contributed by atoms with Crippen molar-refractivity contribution in [3.05, 3.63) is 0 Å². The molecule has 13 heavy (non-hydrogen) atoms. The van der Waals surface area contributed by atoms with Gasteiger partial charge in [-0.05, 0) is 12.8 Å². The molecule has 1 fully saturated rings. The van der Waals surface area contributed by atoms with Crippen LogP contribution in [0.25, 0.3) is 0 Å². The number of nitriles is 1. The van der Waals surface area contributed by atoms with Crippen LogP contribution in [0.4, 0.5) is 0 Å². The van der Waals surface area contributed by atoms with Crippen LogP contribution in [0, 0.1) is 11.5 Å². The molecule has 72 valence electrons. The summed E-state index contributed by atoms with van der Waals surface area (Å²) in [6, 6.07) is 0.321. The predicted molar refractivity (Wildman–Crippen MR) is 48.7 cm³/mol. The van der Waals surface area contributed by atoms with Gasteiger partial charge in [0.15, 0.2) is 6.19 Å². The first kappa shape index (κ1) is 9.85. The number of hydrogen-bond donors (Lipinski definition) is 0. The van der Waals surface area contributed by atoms with Crippen LogP contribution in [0.1, 0.15) is 19.8 Å². The lowest BCUT2D eigenvalue weighted by molar-refractivity contribution is -0.130. The highest BCUT2D eigenvalue weighted by atomic mass is 16.2. The van der Waals surface area contributed by atoms with E-state index in [0.29, 0.717) is 6.04 Å². The van der Waals surface area contributed by atoms with E-state index < -0.39 is 0 Å². The van der Waals surface area contributed by atoms with Gasteiger partial charge in [0.2, 0.25) is 5.91 Å². The molecule has 0 atom stereocenters. The van der Waals surface area contributed by atoms with Crippen LogP contribution in [0.5, 0.6) is 0 Å². The second-order valence-corrected chi connectivity index (χ2v) is 3.45. The normalized spacial score (nSPS) is 18.1. The third kappa shape index (κ3) is 2.35. The van der Waals surface area contributed by atoms with Crippen molar-refractivity contribution in [2.75, 3.05) is 20.1 Å². The monoisotopic (exact) mass is 181 g/mol. The summed E-state index contributed by atoms with van der Waals surface area (Å²) in [5.74, 6) is 0.107. The number of carbonyl (C=O) groups excluding carboxylic acids is 1. The summed E-state index contributed by atoms with van der Waals surface area (Å²) in [5, 5.41) is 8.62. The van der Waals surface area contributed by atoms with Crippen molar-refractivity contribution in [3.8, 4) is 6.19 Å². The number of rotatable bonds is 1. The molecular formula is C9H15N3O. The first-order chi connectivity index (χ1) is 6.15. The molecule has 4 heteroatoms. The molecule has 0 aromatic carbocycles. The first-order valence-electron chi connectivity index (χ1n) is 4.53. The molecular weight excluding hydrogens is 166 g/mol. The first-order valence-corrected chi connectivity index (χ1v) is 4.53. The van der Waals surface area contributed by atoms with Gasteiger partial charge in [0.1, 0.15) is 0 Å². The maximum Gasteiger partial charge on any atom is 0.219 e. The third-order valence-electron chi connectivity index (χ3n) is 2.65. The standard InChI is InChI=1S/C9H15N3O/c1-8(13)11(2)9-3-5-12(7-10)6-4-9/h9H,3-6H2,1-2H3. The lowest BCUT2D eigenvalue weighted by Crippen LogP contribution is -2.43. The summed E-state index contributed by atoms with van der Waals surface area (Å²) >= 11 is 0. The molecule has 0 N–H and O–H groups in total. The van der Waals surface area contributed by atoms with Crippen molar-refractivity contribution >= 4 is 5.91 Å². The van der Waals surface area contributed by atoms with Gasteiger partial charge in [-0.15, -0.1) is 0 Å². The van der Waals surface area contributed by atoms with E-state index in [2.05, 4.69) is 6.19 Å². The largest absolute Gasteiger partial charge is 0.343 e. The van der Waals surface area contributed by atoms with Gasteiger partial charge in [-0.1, -0.05) is 0 Å². The van der Waals surface area contributed by atoms with E-state index in [-0.39, 0.29) is 5.91 Å². The van der Waals surface area contributed by atoms with E-state index in [1.54, 1.807) is 16.7 Å². The number of carbonyl (C=O) groups is 1. The Balaban J connectivity index is 2.41. The Bertz CT molecular complexity index is 226. The predicted octanol–water partition coefficient (Wildman–Crippen LogP) is 0.410. The zero-order chi connectivity index (χ0) is 9.84. The van der Waals surface area contributed by atoms with E-state index in [4.69, 9.17) is 5.26 Å². The topological polar surface area (TPSA) is 47.3 Å².